The van der Waals surface area contributed by atoms with E-state index in [9.17, 15) is 9.90 Å². The average molecular weight is 153 g/mol. The fourth-order valence-corrected chi connectivity index (χ4v) is 1.27. The number of Topliss-reactive ketones (excluding diaryl/α,β-unsaturated/α-hetero) is 1. The highest BCUT2D eigenvalue weighted by Crippen LogP contribution is 2.20. The third-order valence-corrected chi connectivity index (χ3v) is 1.78. The summed E-state index contributed by atoms with van der Waals surface area (Å²) in [7, 11) is 0. The molecule has 1 aliphatic rings. The van der Waals surface area contributed by atoms with Gasteiger partial charge in [-0.05, 0) is 19.8 Å². The van der Waals surface area contributed by atoms with Gasteiger partial charge in [0, 0.05) is 12.1 Å². The first-order valence-corrected chi connectivity index (χ1v) is 3.63. The van der Waals surface area contributed by atoms with E-state index < -0.39 is 0 Å². The maximum absolute atomic E-state index is 10.9. The summed E-state index contributed by atoms with van der Waals surface area (Å²) >= 11 is 0. The Labute approximate surface area is 65.2 Å². The number of aliphatic hydroxyl groups is 1. The highest BCUT2D eigenvalue weighted by molar-refractivity contribution is 6.21. The quantitative estimate of drug-likeness (QED) is 0.601. The molecule has 60 valence electrons. The first-order chi connectivity index (χ1) is 5.13. The van der Waals surface area contributed by atoms with Gasteiger partial charge in [0.05, 0.1) is 5.57 Å². The van der Waals surface area contributed by atoms with Crippen LogP contribution in [0.25, 0.3) is 0 Å². The predicted molar refractivity (Wildman–Crippen MR) is 41.9 cm³/mol. The van der Waals surface area contributed by atoms with Crippen molar-refractivity contribution in [2.24, 2.45) is 0 Å². The predicted octanol–water partition coefficient (Wildman–Crippen LogP) is 1.59. The largest absolute Gasteiger partial charge is 0.511 e. The molecule has 3 heteroatoms. The van der Waals surface area contributed by atoms with E-state index in [-0.39, 0.29) is 22.8 Å². The Morgan fingerprint density at radius 1 is 1.55 bits per heavy atom. The molecule has 0 radical (unpaired) electrons. The van der Waals surface area contributed by atoms with Gasteiger partial charge in [-0.3, -0.25) is 4.79 Å². The second kappa shape index (κ2) is 2.86. The zero-order valence-electron chi connectivity index (χ0n) is 6.48. The molecule has 1 rings (SSSR count). The van der Waals surface area contributed by atoms with E-state index in [1.807, 2.05) is 0 Å². The molecular formula is C8H11NO2. The standard InChI is InChI=1S/C8H11NO2/c1-5(10)8-6(9)3-2-4-7(8)11/h9,11H,2-4H2,1H3. The molecular weight excluding hydrogens is 142 g/mol. The molecule has 0 saturated carbocycles. The van der Waals surface area contributed by atoms with Gasteiger partial charge < -0.3 is 10.5 Å². The minimum absolute atomic E-state index is 0.0914. The Kier molecular flexibility index (Phi) is 2.08. The molecule has 0 amide bonds. The van der Waals surface area contributed by atoms with Crippen LogP contribution < -0.4 is 0 Å². The smallest absolute Gasteiger partial charge is 0.164 e. The van der Waals surface area contributed by atoms with E-state index in [0.717, 1.165) is 6.42 Å². The topological polar surface area (TPSA) is 61.1 Å². The lowest BCUT2D eigenvalue weighted by molar-refractivity contribution is -0.113. The van der Waals surface area contributed by atoms with Crippen molar-refractivity contribution in [3.63, 3.8) is 0 Å². The molecule has 0 spiro atoms. The number of hydrogen-bond donors (Lipinski definition) is 2. The van der Waals surface area contributed by atoms with E-state index in [1.165, 1.54) is 6.92 Å². The van der Waals surface area contributed by atoms with Gasteiger partial charge in [0.2, 0.25) is 0 Å². The SMILES string of the molecule is CC(=O)C1=C(O)CCCC1=N. The molecule has 11 heavy (non-hydrogen) atoms. The van der Waals surface area contributed by atoms with Crippen LogP contribution in [0, 0.1) is 5.41 Å². The van der Waals surface area contributed by atoms with Crippen LogP contribution >= 0.6 is 0 Å². The highest BCUT2D eigenvalue weighted by atomic mass is 16.3. The number of ketones is 1. The second-order valence-corrected chi connectivity index (χ2v) is 2.71. The number of nitrogens with one attached hydrogen (secondary N) is 1. The molecule has 0 aliphatic heterocycles. The lowest BCUT2D eigenvalue weighted by Crippen LogP contribution is -2.16. The molecule has 0 saturated heterocycles. The van der Waals surface area contributed by atoms with Crippen LogP contribution in [0.15, 0.2) is 11.3 Å². The molecule has 0 aromatic rings. The molecule has 1 aliphatic carbocycles. The van der Waals surface area contributed by atoms with Gasteiger partial charge in [-0.1, -0.05) is 0 Å². The molecule has 0 unspecified atom stereocenters. The van der Waals surface area contributed by atoms with Crippen molar-refractivity contribution >= 4 is 11.5 Å². The molecule has 0 atom stereocenters. The first kappa shape index (κ1) is 7.98. The fourth-order valence-electron chi connectivity index (χ4n) is 1.27. The van der Waals surface area contributed by atoms with Crippen LogP contribution in [0.5, 0.6) is 0 Å². The van der Waals surface area contributed by atoms with Crippen LogP contribution in [-0.4, -0.2) is 16.6 Å². The summed E-state index contributed by atoms with van der Waals surface area (Å²) in [4.78, 5) is 10.9. The zero-order chi connectivity index (χ0) is 8.43. The molecule has 3 nitrogen and oxygen atoms in total. The first-order valence-electron chi connectivity index (χ1n) is 3.63. The summed E-state index contributed by atoms with van der Waals surface area (Å²) in [5, 5.41) is 16.6. The highest BCUT2D eigenvalue weighted by Gasteiger charge is 2.20. The lowest BCUT2D eigenvalue weighted by atomic mass is 9.93. The Morgan fingerprint density at radius 3 is 2.55 bits per heavy atom. The van der Waals surface area contributed by atoms with Crippen molar-refractivity contribution in [3.05, 3.63) is 11.3 Å². The summed E-state index contributed by atoms with van der Waals surface area (Å²) in [6, 6.07) is 0. The van der Waals surface area contributed by atoms with Gasteiger partial charge in [-0.25, -0.2) is 0 Å². The van der Waals surface area contributed by atoms with Gasteiger partial charge in [0.1, 0.15) is 5.76 Å². The van der Waals surface area contributed by atoms with Gasteiger partial charge >= 0.3 is 0 Å². The number of carbonyl (C=O) groups is 1. The molecule has 0 heterocycles. The van der Waals surface area contributed by atoms with Crippen molar-refractivity contribution in [2.75, 3.05) is 0 Å². The third kappa shape index (κ3) is 1.48. The van der Waals surface area contributed by atoms with Gasteiger partial charge in [0.15, 0.2) is 5.78 Å². The van der Waals surface area contributed by atoms with Gasteiger partial charge in [-0.2, -0.15) is 0 Å². The monoisotopic (exact) mass is 153 g/mol. The van der Waals surface area contributed by atoms with E-state index in [1.54, 1.807) is 0 Å². The number of aliphatic hydroxyl groups excluding tert-OH is 1. The van der Waals surface area contributed by atoms with Crippen molar-refractivity contribution < 1.29 is 9.90 Å². The minimum Gasteiger partial charge on any atom is -0.511 e. The number of rotatable bonds is 1. The van der Waals surface area contributed by atoms with E-state index in [0.29, 0.717) is 12.8 Å². The van der Waals surface area contributed by atoms with Crippen LogP contribution in [-0.2, 0) is 4.79 Å². The second-order valence-electron chi connectivity index (χ2n) is 2.71. The van der Waals surface area contributed by atoms with Crippen molar-refractivity contribution in [1.82, 2.24) is 0 Å². The van der Waals surface area contributed by atoms with E-state index in [4.69, 9.17) is 5.41 Å². The average Bonchev–Trinajstić information content (AvgIpc) is 1.85. The lowest BCUT2D eigenvalue weighted by Gasteiger charge is -2.14. The maximum atomic E-state index is 10.9. The zero-order valence-corrected chi connectivity index (χ0v) is 6.48. The fraction of sp³-hybridized carbons (Fsp3) is 0.500. The summed E-state index contributed by atoms with van der Waals surface area (Å²) < 4.78 is 0. The van der Waals surface area contributed by atoms with Crippen molar-refractivity contribution in [1.29, 1.82) is 5.41 Å². The van der Waals surface area contributed by atoms with Crippen LogP contribution in [0.2, 0.25) is 0 Å². The Hall–Kier alpha value is -1.12. The minimum atomic E-state index is -0.202. The number of carbonyl (C=O) groups excluding carboxylic acids is 1. The molecule has 2 N–H and O–H groups in total. The van der Waals surface area contributed by atoms with Crippen molar-refractivity contribution in [3.8, 4) is 0 Å². The van der Waals surface area contributed by atoms with Crippen LogP contribution in [0.4, 0.5) is 0 Å². The summed E-state index contributed by atoms with van der Waals surface area (Å²) in [5.41, 5.74) is 0.512. The summed E-state index contributed by atoms with van der Waals surface area (Å²) in [5.74, 6) is -0.110. The van der Waals surface area contributed by atoms with Crippen molar-refractivity contribution in [2.45, 2.75) is 26.2 Å². The van der Waals surface area contributed by atoms with E-state index in [2.05, 4.69) is 0 Å². The molecule has 0 fully saturated rings. The third-order valence-electron chi connectivity index (χ3n) is 1.78. The maximum Gasteiger partial charge on any atom is 0.164 e. The molecule has 0 bridgehead atoms. The van der Waals surface area contributed by atoms with Crippen LogP contribution in [0.3, 0.4) is 0 Å². The molecule has 0 aromatic carbocycles. The van der Waals surface area contributed by atoms with Gasteiger partial charge in [0.25, 0.3) is 0 Å². The van der Waals surface area contributed by atoms with Gasteiger partial charge in [-0.15, -0.1) is 0 Å². The summed E-state index contributed by atoms with van der Waals surface area (Å²) in [6.45, 7) is 1.38. The number of hydrogen-bond acceptors (Lipinski definition) is 3. The van der Waals surface area contributed by atoms with E-state index >= 15 is 0 Å². The Morgan fingerprint density at radius 2 is 2.18 bits per heavy atom. The molecule has 0 aromatic heterocycles. The Bertz CT molecular complexity index is 240. The normalized spacial score (nSPS) is 18.8. The summed E-state index contributed by atoms with van der Waals surface area (Å²) in [6.07, 6.45) is 1.93. The number of allylic oxidation sites excluding steroid dienone is 2. The van der Waals surface area contributed by atoms with Crippen LogP contribution in [0.1, 0.15) is 26.2 Å². The Balaban J connectivity index is 3.01.